The van der Waals surface area contributed by atoms with Gasteiger partial charge in [0, 0.05) is 0 Å². The Hall–Kier alpha value is -0.981. The molecule has 0 aromatic carbocycles. The van der Waals surface area contributed by atoms with Crippen LogP contribution in [0.25, 0.3) is 0 Å². The molecule has 1 amide bonds. The van der Waals surface area contributed by atoms with Crippen molar-refractivity contribution in [1.82, 2.24) is 9.88 Å². The number of aromatic nitrogens is 1. The Morgan fingerprint density at radius 3 is 2.64 bits per heavy atom. The van der Waals surface area contributed by atoms with Crippen LogP contribution in [0.15, 0.2) is 18.5 Å². The van der Waals surface area contributed by atoms with Crippen LogP contribution >= 0.6 is 0 Å². The molecule has 1 saturated heterocycles. The number of carbonyl (C=O) groups is 1. The minimum absolute atomic E-state index is 0.0705. The first-order chi connectivity index (χ1) is 11.5. The number of hydrogen-bond acceptors (Lipinski definition) is 4. The van der Waals surface area contributed by atoms with Crippen molar-refractivity contribution in [3.05, 3.63) is 18.5 Å². The van der Waals surface area contributed by atoms with E-state index in [1.54, 1.807) is 11.1 Å². The van der Waals surface area contributed by atoms with Crippen LogP contribution in [0.4, 0.5) is 4.79 Å². The Morgan fingerprint density at radius 2 is 2.00 bits per heavy atom. The summed E-state index contributed by atoms with van der Waals surface area (Å²) in [6.45, 7) is 13.7. The van der Waals surface area contributed by atoms with Crippen molar-refractivity contribution in [2.24, 2.45) is 0 Å². The van der Waals surface area contributed by atoms with Gasteiger partial charge in [-0.15, -0.1) is 0 Å². The number of nitrogens with zero attached hydrogens (tertiary/aromatic N) is 2. The van der Waals surface area contributed by atoms with Crippen LogP contribution in [0.3, 0.4) is 0 Å². The number of rotatable bonds is 4. The van der Waals surface area contributed by atoms with Gasteiger partial charge in [-0.05, 0) is 0 Å². The van der Waals surface area contributed by atoms with Crippen molar-refractivity contribution in [2.45, 2.75) is 69.5 Å². The van der Waals surface area contributed by atoms with Crippen molar-refractivity contribution < 1.29 is 14.3 Å². The van der Waals surface area contributed by atoms with Crippen molar-refractivity contribution in [3.8, 4) is 5.75 Å². The zero-order valence-electron chi connectivity index (χ0n) is 16.3. The van der Waals surface area contributed by atoms with E-state index in [0.717, 1.165) is 25.1 Å². The topological polar surface area (TPSA) is 51.7 Å². The first-order valence-corrected chi connectivity index (χ1v) is 11.7. The molecule has 1 aromatic rings. The molecule has 138 valence electrons. The summed E-state index contributed by atoms with van der Waals surface area (Å²) < 4.78 is 13.2. The fourth-order valence-corrected chi connectivity index (χ4v) is 6.24. The summed E-state index contributed by atoms with van der Waals surface area (Å²) in [5.74, 6) is 0.804. The quantitative estimate of drug-likeness (QED) is 0.657. The molecule has 25 heavy (non-hydrogen) atoms. The predicted octanol–water partition coefficient (Wildman–Crippen LogP) is 3.41. The van der Waals surface area contributed by atoms with Gasteiger partial charge < -0.3 is 0 Å². The Labute approximate surface area is 161 Å². The number of likely N-dealkylation sites (tertiary alicyclic amines) is 1. The third-order valence-electron chi connectivity index (χ3n) is 3.68. The van der Waals surface area contributed by atoms with Crippen molar-refractivity contribution in [2.75, 3.05) is 13.2 Å². The van der Waals surface area contributed by atoms with E-state index in [0.29, 0.717) is 10.0 Å². The number of hydrogen-bond donors (Lipinski definition) is 0. The Kier molecular flexibility index (Phi) is 6.62. The number of ether oxygens (including phenoxy) is 2. The van der Waals surface area contributed by atoms with Crippen LogP contribution in [-0.4, -0.2) is 61.9 Å². The molecular formula is C19H30N2O3Sn. The summed E-state index contributed by atoms with van der Waals surface area (Å²) in [6.07, 6.45) is 5.42. The molecule has 0 unspecified atom stereocenters. The molecular weight excluding hydrogens is 423 g/mol. The molecule has 0 bridgehead atoms. The first kappa shape index (κ1) is 20.3. The van der Waals surface area contributed by atoms with E-state index >= 15 is 0 Å². The van der Waals surface area contributed by atoms with Gasteiger partial charge in [-0.1, -0.05) is 0 Å². The molecule has 2 radical (unpaired) electrons. The zero-order valence-corrected chi connectivity index (χ0v) is 19.1. The maximum absolute atomic E-state index is 12.3. The van der Waals surface area contributed by atoms with Gasteiger partial charge in [-0.2, -0.15) is 0 Å². The predicted molar refractivity (Wildman–Crippen MR) is 101 cm³/mol. The standard InChI is InChI=1S/C15H21N2O3.C4H9.Sn/c1-15(2,3)20-14(18)17-9-5-6-12(17)11-19-13-7-4-8-16-10-13;1-4(2)3;/h7-8,10,12H,5-6,9,11H2,1-3H3;1-3H3;/t12-;;/m0../s1. The first-order valence-electron chi connectivity index (χ1n) is 8.89. The molecule has 6 heteroatoms. The molecule has 1 fully saturated rings. The van der Waals surface area contributed by atoms with Gasteiger partial charge in [0.25, 0.3) is 0 Å². The molecule has 0 N–H and O–H groups in total. The average Bonchev–Trinajstić information content (AvgIpc) is 2.90. The average molecular weight is 453 g/mol. The fourth-order valence-electron chi connectivity index (χ4n) is 2.76. The Morgan fingerprint density at radius 1 is 1.28 bits per heavy atom. The summed E-state index contributed by atoms with van der Waals surface area (Å²) in [4.78, 5) is 18.5. The van der Waals surface area contributed by atoms with E-state index in [-0.39, 0.29) is 12.1 Å². The molecule has 1 aliphatic heterocycles. The van der Waals surface area contributed by atoms with Crippen LogP contribution in [0.1, 0.15) is 54.4 Å². The van der Waals surface area contributed by atoms with Gasteiger partial charge in [0.05, 0.1) is 0 Å². The number of amides is 1. The summed E-state index contributed by atoms with van der Waals surface area (Å²) in [5.41, 5.74) is -0.470. The van der Waals surface area contributed by atoms with Crippen LogP contribution in [0.5, 0.6) is 5.75 Å². The van der Waals surface area contributed by atoms with Gasteiger partial charge in [0.1, 0.15) is 0 Å². The molecule has 5 nitrogen and oxygen atoms in total. The Bertz CT molecular complexity index is 593. The van der Waals surface area contributed by atoms with Gasteiger partial charge in [0.15, 0.2) is 0 Å². The van der Waals surface area contributed by atoms with E-state index in [2.05, 4.69) is 31.8 Å². The van der Waals surface area contributed by atoms with Gasteiger partial charge >= 0.3 is 162 Å². The Balaban J connectivity index is 1.94. The van der Waals surface area contributed by atoms with Crippen LogP contribution in [0, 0.1) is 0 Å². The maximum atomic E-state index is 12.3. The van der Waals surface area contributed by atoms with Crippen molar-refractivity contribution in [1.29, 1.82) is 0 Å². The number of pyridine rings is 1. The summed E-state index contributed by atoms with van der Waals surface area (Å²) in [6, 6.07) is 2.19. The van der Waals surface area contributed by atoms with Crippen molar-refractivity contribution >= 4 is 30.8 Å². The SMILES string of the molecule is CC(C)(C)OC(=O)N1CCC[C@H]1COc1cnc[c]([Sn][C](C)(C)C)c1. The third kappa shape index (κ3) is 7.04. The van der Waals surface area contributed by atoms with Gasteiger partial charge in [0.2, 0.25) is 0 Å². The zero-order chi connectivity index (χ0) is 18.7. The molecule has 2 rings (SSSR count). The normalized spacial score (nSPS) is 18.3. The van der Waals surface area contributed by atoms with Crippen LogP contribution < -0.4 is 8.32 Å². The van der Waals surface area contributed by atoms with E-state index in [1.165, 1.54) is 3.58 Å². The van der Waals surface area contributed by atoms with E-state index < -0.39 is 26.7 Å². The second-order valence-electron chi connectivity index (χ2n) is 8.57. The number of carbonyl (C=O) groups excluding carboxylic acids is 1. The van der Waals surface area contributed by atoms with E-state index in [4.69, 9.17) is 9.47 Å². The molecule has 0 aliphatic carbocycles. The fraction of sp³-hybridized carbons (Fsp3) is 0.684. The molecule has 1 aromatic heterocycles. The summed E-state index contributed by atoms with van der Waals surface area (Å²) >= 11 is -0.701. The molecule has 0 saturated carbocycles. The monoisotopic (exact) mass is 454 g/mol. The minimum atomic E-state index is -0.701. The van der Waals surface area contributed by atoms with Gasteiger partial charge in [-0.25, -0.2) is 0 Å². The summed E-state index contributed by atoms with van der Waals surface area (Å²) in [7, 11) is 0. The van der Waals surface area contributed by atoms with Crippen LogP contribution in [-0.2, 0) is 4.74 Å². The third-order valence-corrected chi connectivity index (χ3v) is 7.42. The van der Waals surface area contributed by atoms with Crippen LogP contribution in [0.2, 0.25) is 3.43 Å². The second-order valence-corrected chi connectivity index (χ2v) is 15.2. The van der Waals surface area contributed by atoms with Gasteiger partial charge in [-0.3, -0.25) is 0 Å². The van der Waals surface area contributed by atoms with Crippen molar-refractivity contribution in [3.63, 3.8) is 0 Å². The summed E-state index contributed by atoms with van der Waals surface area (Å²) in [5, 5.41) is 0. The second kappa shape index (κ2) is 8.14. The van der Waals surface area contributed by atoms with E-state index in [1.807, 2.05) is 27.0 Å². The molecule has 1 atom stereocenters. The molecule has 0 spiro atoms. The molecule has 2 heterocycles. The van der Waals surface area contributed by atoms with E-state index in [9.17, 15) is 4.79 Å². The molecule has 1 aliphatic rings.